The molecular weight excluding hydrogens is 870 g/mol. The molecule has 13 heteroatoms. The van der Waals surface area contributed by atoms with E-state index in [1.54, 1.807) is 0 Å². The molecule has 3 aromatic heterocycles. The average Bonchev–Trinajstić information content (AvgIpc) is 3.79. The van der Waals surface area contributed by atoms with Crippen molar-refractivity contribution in [2.75, 3.05) is 26.8 Å². The number of halogens is 1. The Morgan fingerprint density at radius 1 is 1.03 bits per heavy atom. The van der Waals surface area contributed by atoms with Crippen LogP contribution in [0.4, 0.5) is 0 Å². The van der Waals surface area contributed by atoms with E-state index in [1.165, 1.54) is 9.26 Å². The topological polar surface area (TPSA) is 84.4 Å². The van der Waals surface area contributed by atoms with Crippen molar-refractivity contribution in [3.63, 3.8) is 0 Å². The van der Waals surface area contributed by atoms with E-state index in [1.807, 2.05) is 17.9 Å². The molecule has 0 bridgehead atoms. The lowest BCUT2D eigenvalue weighted by molar-refractivity contribution is -0.0367. The first kappa shape index (κ1) is 46.6. The molecule has 1 aromatic carbocycles. The number of hydrogen-bond acceptors (Lipinski definition) is 7. The minimum Gasteiger partial charge on any atom is -0.473 e. The number of fused-ring (bicyclic) bond motifs is 1. The van der Waals surface area contributed by atoms with Gasteiger partial charge in [-0.1, -0.05) is 81.2 Å². The number of ether oxygens (including phenoxy) is 2. The van der Waals surface area contributed by atoms with Gasteiger partial charge in [0.1, 0.15) is 19.9 Å². The highest BCUT2D eigenvalue weighted by atomic mass is 127. The number of rotatable bonds is 16. The summed E-state index contributed by atoms with van der Waals surface area (Å²) in [5.41, 5.74) is 11.8. The summed E-state index contributed by atoms with van der Waals surface area (Å²) in [6, 6.07) is 6.58. The van der Waals surface area contributed by atoms with Crippen molar-refractivity contribution < 1.29 is 13.9 Å². The average molecular weight is 942 g/mol. The van der Waals surface area contributed by atoms with Crippen molar-refractivity contribution in [2.24, 2.45) is 7.05 Å². The van der Waals surface area contributed by atoms with Crippen LogP contribution in [0.15, 0.2) is 24.4 Å². The number of aromatic nitrogens is 6. The van der Waals surface area contributed by atoms with Gasteiger partial charge in [0.15, 0.2) is 14.5 Å². The zero-order valence-corrected chi connectivity index (χ0v) is 42.5. The monoisotopic (exact) mass is 941 g/mol. The lowest BCUT2D eigenvalue weighted by Gasteiger charge is -2.38. The molecule has 1 unspecified atom stereocenters. The van der Waals surface area contributed by atoms with Crippen LogP contribution in [0.2, 0.25) is 34.8 Å². The molecule has 1 fully saturated rings. The molecule has 58 heavy (non-hydrogen) atoms. The molecule has 1 saturated heterocycles. The molecule has 0 radical (unpaired) electrons. The molecule has 10 nitrogen and oxygen atoms in total. The molecule has 0 spiro atoms. The second-order valence-corrected chi connectivity index (χ2v) is 30.5. The molecule has 0 amide bonds. The minimum absolute atomic E-state index is 0.0823. The molecule has 4 heterocycles. The van der Waals surface area contributed by atoms with E-state index >= 15 is 0 Å². The summed E-state index contributed by atoms with van der Waals surface area (Å²) >= 11 is 2.48. The highest BCUT2D eigenvalue weighted by Crippen LogP contribution is 2.42. The fourth-order valence-electron chi connectivity index (χ4n) is 8.58. The molecule has 5 rings (SSSR count). The fourth-order valence-corrected chi connectivity index (χ4v) is 15.8. The molecule has 320 valence electrons. The molecule has 2 atom stereocenters. The van der Waals surface area contributed by atoms with Crippen LogP contribution in [0.25, 0.3) is 22.0 Å². The number of hydrogen-bond donors (Lipinski definition) is 0. The first-order chi connectivity index (χ1) is 27.2. The minimum atomic E-state index is -1.98. The van der Waals surface area contributed by atoms with Crippen LogP contribution in [0, 0.1) is 15.0 Å². The summed E-state index contributed by atoms with van der Waals surface area (Å²) < 4.78 is 26.9. The molecular formula is C45H72IN7O3Si2. The van der Waals surface area contributed by atoms with Crippen molar-refractivity contribution in [3.8, 4) is 28.5 Å². The van der Waals surface area contributed by atoms with Gasteiger partial charge in [0.25, 0.3) is 0 Å². The van der Waals surface area contributed by atoms with Crippen LogP contribution >= 0.6 is 22.6 Å². The molecule has 0 N–H and O–H groups in total. The SMILES string of the molecule is CCc1nn(CCO[Si](C)(C)C(C)(C)C)c(CN(C)C[C@H](C)Oc2c(-c3ccc4c(c3)c(C#C[Si](C(C)C)(C(C)C)C(C)C)nn4C3CCCCO3)cnn2C)c1I. The Bertz CT molecular complexity index is 2040. The molecule has 4 aromatic rings. The summed E-state index contributed by atoms with van der Waals surface area (Å²) in [5.74, 6) is 4.44. The highest BCUT2D eigenvalue weighted by Gasteiger charge is 2.42. The summed E-state index contributed by atoms with van der Waals surface area (Å²) in [6.07, 6.45) is 5.81. The van der Waals surface area contributed by atoms with Gasteiger partial charge < -0.3 is 13.9 Å². The lowest BCUT2D eigenvalue weighted by Crippen LogP contribution is -2.43. The lowest BCUT2D eigenvalue weighted by atomic mass is 10.1. The van der Waals surface area contributed by atoms with E-state index in [-0.39, 0.29) is 17.4 Å². The van der Waals surface area contributed by atoms with Gasteiger partial charge in [-0.05, 0) is 115 Å². The van der Waals surface area contributed by atoms with Crippen molar-refractivity contribution >= 4 is 49.9 Å². The highest BCUT2D eigenvalue weighted by molar-refractivity contribution is 14.1. The Balaban J connectivity index is 1.40. The maximum Gasteiger partial charge on any atom is 0.219 e. The Morgan fingerprint density at radius 3 is 2.33 bits per heavy atom. The third-order valence-electron chi connectivity index (χ3n) is 12.9. The Kier molecular flexibility index (Phi) is 15.3. The van der Waals surface area contributed by atoms with Crippen molar-refractivity contribution in [2.45, 2.75) is 162 Å². The predicted octanol–water partition coefficient (Wildman–Crippen LogP) is 11.0. The number of nitrogens with zero attached hydrogens (tertiary/aromatic N) is 7. The Labute approximate surface area is 365 Å². The summed E-state index contributed by atoms with van der Waals surface area (Å²) in [7, 11) is 0.286. The standard InChI is InChI=1S/C45H72IN7O3Si2/c1-16-38-43(46)41(52(48-38)23-25-55-57(14,15)45(9,10)11)30-50(12)29-34(8)56-44-37(28-47-51(44)13)35-20-21-40-36(27-35)39(49-53(40)42-19-17-18-24-54-42)22-26-58(31(2)3,32(4)5)33(6)7/h20-21,27-28,31-34,42H,16-19,23-25,29-30H2,1-15H3/t34-,42?/m0/s1. The number of likely N-dealkylation sites (N-methyl/N-ethyl adjacent to an activating group) is 1. The Hall–Kier alpha value is -2.49. The van der Waals surface area contributed by atoms with E-state index < -0.39 is 16.4 Å². The van der Waals surface area contributed by atoms with E-state index in [4.69, 9.17) is 29.2 Å². The third-order valence-corrected chi connectivity index (χ3v) is 24.9. The van der Waals surface area contributed by atoms with Crippen molar-refractivity contribution in [3.05, 3.63) is 45.0 Å². The number of aryl methyl sites for hydroxylation is 2. The smallest absolute Gasteiger partial charge is 0.219 e. The third kappa shape index (κ3) is 9.99. The van der Waals surface area contributed by atoms with Crippen molar-refractivity contribution in [1.29, 1.82) is 0 Å². The van der Waals surface area contributed by atoms with Gasteiger partial charge in [0.05, 0.1) is 45.4 Å². The molecule has 0 saturated carbocycles. The first-order valence-electron chi connectivity index (χ1n) is 21.6. The maximum absolute atomic E-state index is 6.77. The van der Waals surface area contributed by atoms with Crippen LogP contribution in [0.1, 0.15) is 119 Å². The largest absolute Gasteiger partial charge is 0.473 e. The van der Waals surface area contributed by atoms with Gasteiger partial charge in [-0.15, -0.1) is 5.54 Å². The summed E-state index contributed by atoms with van der Waals surface area (Å²) in [5, 5.41) is 16.1. The summed E-state index contributed by atoms with van der Waals surface area (Å²) in [6.45, 7) is 33.6. The van der Waals surface area contributed by atoms with Gasteiger partial charge in [0.2, 0.25) is 5.88 Å². The molecule has 0 aliphatic carbocycles. The van der Waals surface area contributed by atoms with Crippen LogP contribution in [0.5, 0.6) is 5.88 Å². The molecule has 1 aliphatic heterocycles. The van der Waals surface area contributed by atoms with Gasteiger partial charge in [-0.2, -0.15) is 15.3 Å². The van der Waals surface area contributed by atoms with Gasteiger partial charge in [0, 0.05) is 32.1 Å². The van der Waals surface area contributed by atoms with E-state index in [0.29, 0.717) is 23.2 Å². The predicted molar refractivity (Wildman–Crippen MR) is 253 cm³/mol. The van der Waals surface area contributed by atoms with Gasteiger partial charge in [-0.3, -0.25) is 9.58 Å². The van der Waals surface area contributed by atoms with Crippen LogP contribution < -0.4 is 4.74 Å². The zero-order valence-electron chi connectivity index (χ0n) is 38.3. The van der Waals surface area contributed by atoms with E-state index in [9.17, 15) is 0 Å². The Morgan fingerprint density at radius 2 is 1.72 bits per heavy atom. The quantitative estimate of drug-likeness (QED) is 0.0628. The fraction of sp³-hybridized carbons (Fsp3) is 0.667. The van der Waals surface area contributed by atoms with Crippen LogP contribution in [-0.2, 0) is 35.7 Å². The molecule has 1 aliphatic rings. The zero-order chi connectivity index (χ0) is 42.7. The van der Waals surface area contributed by atoms with Crippen molar-refractivity contribution in [1.82, 2.24) is 34.2 Å². The van der Waals surface area contributed by atoms with E-state index in [0.717, 1.165) is 91.2 Å². The van der Waals surface area contributed by atoms with Crippen LogP contribution in [0.3, 0.4) is 0 Å². The second-order valence-electron chi connectivity index (χ2n) is 19.0. The normalized spacial score (nSPS) is 16.2. The van der Waals surface area contributed by atoms with E-state index in [2.05, 4.69) is 163 Å². The van der Waals surface area contributed by atoms with Gasteiger partial charge in [-0.25, -0.2) is 9.36 Å². The second kappa shape index (κ2) is 19.1. The number of benzene rings is 1. The maximum atomic E-state index is 6.77. The first-order valence-corrected chi connectivity index (χ1v) is 27.9. The van der Waals surface area contributed by atoms with Gasteiger partial charge >= 0.3 is 0 Å². The van der Waals surface area contributed by atoms with Crippen LogP contribution in [-0.4, -0.2) is 83.5 Å². The summed E-state index contributed by atoms with van der Waals surface area (Å²) in [4.78, 5) is 2.33.